The number of aryl methyl sites for hydroxylation is 1. The van der Waals surface area contributed by atoms with Gasteiger partial charge in [-0.05, 0) is 49.7 Å². The van der Waals surface area contributed by atoms with Crippen molar-refractivity contribution < 1.29 is 9.53 Å². The van der Waals surface area contributed by atoms with Gasteiger partial charge in [-0.1, -0.05) is 29.0 Å². The summed E-state index contributed by atoms with van der Waals surface area (Å²) in [6.07, 6.45) is 0. The van der Waals surface area contributed by atoms with Crippen molar-refractivity contribution in [3.8, 4) is 5.75 Å². The minimum atomic E-state index is -0.214. The number of nitrogens with zero attached hydrogens (tertiary/aromatic N) is 1. The van der Waals surface area contributed by atoms with Gasteiger partial charge in [0.15, 0.2) is 5.13 Å². The van der Waals surface area contributed by atoms with Crippen LogP contribution in [0.4, 0.5) is 5.13 Å². The van der Waals surface area contributed by atoms with E-state index in [1.165, 1.54) is 11.3 Å². The molecule has 0 saturated heterocycles. The Morgan fingerprint density at radius 1 is 1.35 bits per heavy atom. The number of anilines is 1. The number of amides is 1. The van der Waals surface area contributed by atoms with Crippen LogP contribution in [0.1, 0.15) is 22.8 Å². The molecule has 0 radical (unpaired) electrons. The average molecular weight is 347 g/mol. The second kappa shape index (κ2) is 6.56. The lowest BCUT2D eigenvalue weighted by molar-refractivity contribution is 0.102. The van der Waals surface area contributed by atoms with Crippen LogP contribution in [0, 0.1) is 6.92 Å². The van der Waals surface area contributed by atoms with Crippen LogP contribution >= 0.6 is 22.9 Å². The highest BCUT2D eigenvalue weighted by molar-refractivity contribution is 7.22. The highest BCUT2D eigenvalue weighted by atomic mass is 35.5. The van der Waals surface area contributed by atoms with Gasteiger partial charge in [-0.25, -0.2) is 4.98 Å². The van der Waals surface area contributed by atoms with Gasteiger partial charge in [0, 0.05) is 10.6 Å². The fraction of sp³-hybridized carbons (Fsp3) is 0.176. The first-order chi connectivity index (χ1) is 11.1. The van der Waals surface area contributed by atoms with Gasteiger partial charge in [0.25, 0.3) is 5.91 Å². The number of carbonyl (C=O) groups is 1. The molecule has 4 nitrogen and oxygen atoms in total. The molecule has 3 aromatic rings. The zero-order valence-electron chi connectivity index (χ0n) is 12.7. The lowest BCUT2D eigenvalue weighted by Crippen LogP contribution is -2.11. The normalized spacial score (nSPS) is 10.7. The number of hydrogen-bond acceptors (Lipinski definition) is 4. The summed E-state index contributed by atoms with van der Waals surface area (Å²) >= 11 is 7.53. The fourth-order valence-corrected chi connectivity index (χ4v) is 3.27. The van der Waals surface area contributed by atoms with E-state index in [0.29, 0.717) is 28.1 Å². The highest BCUT2D eigenvalue weighted by Crippen LogP contribution is 2.30. The molecule has 0 fully saturated rings. The third-order valence-corrected chi connectivity index (χ3v) is 4.64. The number of nitrogens with one attached hydrogen (secondary N) is 1. The largest absolute Gasteiger partial charge is 0.494 e. The molecule has 2 aromatic carbocycles. The zero-order chi connectivity index (χ0) is 16.4. The summed E-state index contributed by atoms with van der Waals surface area (Å²) in [6, 6.07) is 10.9. The lowest BCUT2D eigenvalue weighted by Gasteiger charge is -2.05. The maximum Gasteiger partial charge on any atom is 0.257 e. The molecule has 1 heterocycles. The number of ether oxygens (including phenoxy) is 1. The van der Waals surface area contributed by atoms with E-state index >= 15 is 0 Å². The van der Waals surface area contributed by atoms with Crippen molar-refractivity contribution in [2.75, 3.05) is 11.9 Å². The van der Waals surface area contributed by atoms with Crippen molar-refractivity contribution >= 4 is 44.2 Å². The van der Waals surface area contributed by atoms with E-state index in [1.54, 1.807) is 18.2 Å². The average Bonchev–Trinajstić information content (AvgIpc) is 2.89. The first kappa shape index (κ1) is 15.8. The van der Waals surface area contributed by atoms with Crippen LogP contribution in [-0.2, 0) is 0 Å². The summed E-state index contributed by atoms with van der Waals surface area (Å²) in [5, 5.41) is 4.05. The number of thiazole rings is 1. The predicted octanol–water partition coefficient (Wildman–Crippen LogP) is 4.91. The summed E-state index contributed by atoms with van der Waals surface area (Å²) in [5.74, 6) is 0.459. The summed E-state index contributed by atoms with van der Waals surface area (Å²) in [4.78, 5) is 16.8. The van der Waals surface area contributed by atoms with Gasteiger partial charge in [-0.15, -0.1) is 0 Å². The van der Waals surface area contributed by atoms with Crippen LogP contribution in [-0.4, -0.2) is 17.5 Å². The van der Waals surface area contributed by atoms with Crippen LogP contribution in [0.5, 0.6) is 5.75 Å². The predicted molar refractivity (Wildman–Crippen MR) is 94.9 cm³/mol. The first-order valence-corrected chi connectivity index (χ1v) is 8.37. The SMILES string of the molecule is CCOc1cccc(C(=O)Nc2nc3cc(Cl)c(C)cc3s2)c1. The molecule has 6 heteroatoms. The molecule has 0 saturated carbocycles. The summed E-state index contributed by atoms with van der Waals surface area (Å²) < 4.78 is 6.40. The van der Waals surface area contributed by atoms with Gasteiger partial charge < -0.3 is 4.74 Å². The summed E-state index contributed by atoms with van der Waals surface area (Å²) in [7, 11) is 0. The van der Waals surface area contributed by atoms with Crippen LogP contribution in [0.15, 0.2) is 36.4 Å². The van der Waals surface area contributed by atoms with Crippen molar-refractivity contribution in [3.05, 3.63) is 52.5 Å². The summed E-state index contributed by atoms with van der Waals surface area (Å²) in [6.45, 7) is 4.41. The van der Waals surface area contributed by atoms with Crippen molar-refractivity contribution in [1.29, 1.82) is 0 Å². The smallest absolute Gasteiger partial charge is 0.257 e. The van der Waals surface area contributed by atoms with Crippen LogP contribution in [0.3, 0.4) is 0 Å². The Balaban J connectivity index is 1.83. The first-order valence-electron chi connectivity index (χ1n) is 7.17. The molecule has 0 spiro atoms. The van der Waals surface area contributed by atoms with Gasteiger partial charge in [0.1, 0.15) is 5.75 Å². The van der Waals surface area contributed by atoms with E-state index in [2.05, 4.69) is 10.3 Å². The molecule has 3 rings (SSSR count). The number of halogens is 1. The molecule has 0 unspecified atom stereocenters. The topological polar surface area (TPSA) is 51.2 Å². The minimum absolute atomic E-state index is 0.214. The van der Waals surface area contributed by atoms with Crippen molar-refractivity contribution in [3.63, 3.8) is 0 Å². The Labute approximate surface area is 143 Å². The monoisotopic (exact) mass is 346 g/mol. The molecule has 118 valence electrons. The van der Waals surface area contributed by atoms with Crippen molar-refractivity contribution in [2.45, 2.75) is 13.8 Å². The second-order valence-corrected chi connectivity index (χ2v) is 6.44. The standard InChI is InChI=1S/C17H15ClN2O2S/c1-3-22-12-6-4-5-11(8-12)16(21)20-17-19-14-9-13(18)10(2)7-15(14)23-17/h4-9H,3H2,1-2H3,(H,19,20,21). The maximum absolute atomic E-state index is 12.4. The summed E-state index contributed by atoms with van der Waals surface area (Å²) in [5.41, 5.74) is 2.30. The lowest BCUT2D eigenvalue weighted by atomic mass is 10.2. The third-order valence-electron chi connectivity index (χ3n) is 3.30. The molecule has 1 N–H and O–H groups in total. The number of hydrogen-bond donors (Lipinski definition) is 1. The number of benzene rings is 2. The maximum atomic E-state index is 12.4. The molecule has 0 aliphatic rings. The molecule has 1 aromatic heterocycles. The molecule has 0 bridgehead atoms. The van der Waals surface area contributed by atoms with Crippen LogP contribution in [0.25, 0.3) is 10.2 Å². The van der Waals surface area contributed by atoms with E-state index in [4.69, 9.17) is 16.3 Å². The Hall–Kier alpha value is -2.11. The van der Waals surface area contributed by atoms with Gasteiger partial charge in [0.05, 0.1) is 16.8 Å². The molecule has 1 amide bonds. The van der Waals surface area contributed by atoms with E-state index < -0.39 is 0 Å². The molecule has 0 aliphatic carbocycles. The number of aromatic nitrogens is 1. The Bertz CT molecular complexity index is 837. The molecular weight excluding hydrogens is 332 g/mol. The minimum Gasteiger partial charge on any atom is -0.494 e. The van der Waals surface area contributed by atoms with Crippen molar-refractivity contribution in [2.24, 2.45) is 0 Å². The van der Waals surface area contributed by atoms with E-state index in [1.807, 2.05) is 32.0 Å². The second-order valence-electron chi connectivity index (χ2n) is 5.00. The van der Waals surface area contributed by atoms with Crippen molar-refractivity contribution in [1.82, 2.24) is 4.98 Å². The van der Waals surface area contributed by atoms with Gasteiger partial charge >= 0.3 is 0 Å². The van der Waals surface area contributed by atoms with Gasteiger partial charge in [-0.3, -0.25) is 10.1 Å². The highest BCUT2D eigenvalue weighted by Gasteiger charge is 2.11. The van der Waals surface area contributed by atoms with E-state index in [-0.39, 0.29) is 5.91 Å². The Kier molecular flexibility index (Phi) is 4.50. The van der Waals surface area contributed by atoms with Gasteiger partial charge in [0.2, 0.25) is 0 Å². The molecular formula is C17H15ClN2O2S. The number of rotatable bonds is 4. The fourth-order valence-electron chi connectivity index (χ4n) is 2.17. The molecule has 0 atom stereocenters. The quantitative estimate of drug-likeness (QED) is 0.730. The van der Waals surface area contributed by atoms with E-state index in [9.17, 15) is 4.79 Å². The number of fused-ring (bicyclic) bond motifs is 1. The number of carbonyl (C=O) groups excluding carboxylic acids is 1. The Morgan fingerprint density at radius 3 is 2.96 bits per heavy atom. The van der Waals surface area contributed by atoms with Crippen LogP contribution in [0.2, 0.25) is 5.02 Å². The molecule has 0 aliphatic heterocycles. The van der Waals surface area contributed by atoms with E-state index in [0.717, 1.165) is 15.8 Å². The van der Waals surface area contributed by atoms with Gasteiger partial charge in [-0.2, -0.15) is 0 Å². The third kappa shape index (κ3) is 3.46. The Morgan fingerprint density at radius 2 is 2.17 bits per heavy atom. The molecule has 23 heavy (non-hydrogen) atoms. The van der Waals surface area contributed by atoms with Crippen LogP contribution < -0.4 is 10.1 Å². The zero-order valence-corrected chi connectivity index (χ0v) is 14.3.